The van der Waals surface area contributed by atoms with Crippen molar-refractivity contribution in [3.8, 4) is 0 Å². The van der Waals surface area contributed by atoms with Crippen LogP contribution in [-0.4, -0.2) is 5.91 Å². The van der Waals surface area contributed by atoms with Crippen molar-refractivity contribution in [1.82, 2.24) is 0 Å². The quantitative estimate of drug-likeness (QED) is 0.577. The Hall–Kier alpha value is -0.790. The Kier molecular flexibility index (Phi) is 0.980. The van der Waals surface area contributed by atoms with Gasteiger partial charge in [-0.1, -0.05) is 12.2 Å². The lowest BCUT2D eigenvalue weighted by molar-refractivity contribution is -0.122. The van der Waals surface area contributed by atoms with E-state index in [1.54, 1.807) is 0 Å². The summed E-state index contributed by atoms with van der Waals surface area (Å²) >= 11 is 0. The van der Waals surface area contributed by atoms with Crippen LogP contribution in [0.3, 0.4) is 0 Å². The van der Waals surface area contributed by atoms with Crippen LogP contribution in [0, 0.1) is 23.2 Å². The summed E-state index contributed by atoms with van der Waals surface area (Å²) in [5.74, 6) is 1.25. The smallest absolute Gasteiger partial charge is 0.221 e. The third kappa shape index (κ3) is 0.563. The van der Waals surface area contributed by atoms with E-state index in [4.69, 9.17) is 5.73 Å². The Morgan fingerprint density at radius 1 is 1.42 bits per heavy atom. The molecule has 1 amide bonds. The van der Waals surface area contributed by atoms with Gasteiger partial charge >= 0.3 is 0 Å². The minimum atomic E-state index is -0.0851. The summed E-state index contributed by atoms with van der Waals surface area (Å²) in [6, 6.07) is 0. The van der Waals surface area contributed by atoms with Crippen LogP contribution < -0.4 is 5.73 Å². The van der Waals surface area contributed by atoms with Gasteiger partial charge in [-0.15, -0.1) is 0 Å². The first kappa shape index (κ1) is 6.70. The highest BCUT2D eigenvalue weighted by molar-refractivity contribution is 5.78. The summed E-state index contributed by atoms with van der Waals surface area (Å²) in [7, 11) is 0. The number of primary amides is 1. The SMILES string of the molecule is NC(=O)C1CC2C=CC1C21CC1. The van der Waals surface area contributed by atoms with Gasteiger partial charge in [-0.25, -0.2) is 0 Å². The lowest BCUT2D eigenvalue weighted by atomic mass is 9.89. The number of hydrogen-bond donors (Lipinski definition) is 1. The van der Waals surface area contributed by atoms with Crippen LogP contribution in [-0.2, 0) is 4.79 Å². The highest BCUT2D eigenvalue weighted by Crippen LogP contribution is 2.69. The highest BCUT2D eigenvalue weighted by atomic mass is 16.1. The van der Waals surface area contributed by atoms with Crippen molar-refractivity contribution in [1.29, 1.82) is 0 Å². The molecule has 2 nitrogen and oxygen atoms in total. The predicted octanol–water partition coefficient (Wildman–Crippen LogP) is 1.07. The standard InChI is InChI=1S/C10H13NO/c11-9(12)7-5-6-1-2-8(7)10(6)3-4-10/h1-2,6-8H,3-5H2,(H2,11,12). The van der Waals surface area contributed by atoms with Gasteiger partial charge in [-0.2, -0.15) is 0 Å². The molecule has 3 unspecified atom stereocenters. The minimum absolute atomic E-state index is 0.0851. The molecule has 0 saturated heterocycles. The van der Waals surface area contributed by atoms with Crippen molar-refractivity contribution in [2.45, 2.75) is 19.3 Å². The summed E-state index contributed by atoms with van der Waals surface area (Å²) in [6.45, 7) is 0. The van der Waals surface area contributed by atoms with Crippen molar-refractivity contribution in [3.05, 3.63) is 12.2 Å². The van der Waals surface area contributed by atoms with Crippen LogP contribution in [0.1, 0.15) is 19.3 Å². The first-order valence-electron chi connectivity index (χ1n) is 4.72. The number of rotatable bonds is 1. The summed E-state index contributed by atoms with van der Waals surface area (Å²) in [5.41, 5.74) is 5.87. The van der Waals surface area contributed by atoms with Crippen molar-refractivity contribution in [3.63, 3.8) is 0 Å². The van der Waals surface area contributed by atoms with Crippen LogP contribution in [0.15, 0.2) is 12.2 Å². The Morgan fingerprint density at radius 2 is 2.17 bits per heavy atom. The summed E-state index contributed by atoms with van der Waals surface area (Å²) in [5, 5.41) is 0. The molecule has 3 atom stereocenters. The van der Waals surface area contributed by atoms with Gasteiger partial charge in [0.05, 0.1) is 0 Å². The molecule has 2 saturated carbocycles. The first-order valence-corrected chi connectivity index (χ1v) is 4.72. The average molecular weight is 163 g/mol. The van der Waals surface area contributed by atoms with Gasteiger partial charge in [0.2, 0.25) is 5.91 Å². The topological polar surface area (TPSA) is 43.1 Å². The van der Waals surface area contributed by atoms with E-state index in [2.05, 4.69) is 12.2 Å². The van der Waals surface area contributed by atoms with E-state index in [1.165, 1.54) is 12.8 Å². The molecule has 3 rings (SSSR count). The van der Waals surface area contributed by atoms with E-state index in [1.807, 2.05) is 0 Å². The molecule has 0 radical (unpaired) electrons. The maximum absolute atomic E-state index is 11.1. The van der Waals surface area contributed by atoms with Crippen molar-refractivity contribution < 1.29 is 4.79 Å². The fourth-order valence-electron chi connectivity index (χ4n) is 3.29. The van der Waals surface area contributed by atoms with Crippen molar-refractivity contribution in [2.24, 2.45) is 28.9 Å². The number of nitrogens with two attached hydrogens (primary N) is 1. The third-order valence-electron chi connectivity index (χ3n) is 4.09. The average Bonchev–Trinajstić information content (AvgIpc) is 2.69. The first-order chi connectivity index (χ1) is 5.74. The van der Waals surface area contributed by atoms with Gasteiger partial charge in [0.15, 0.2) is 0 Å². The van der Waals surface area contributed by atoms with E-state index in [0.717, 1.165) is 6.42 Å². The van der Waals surface area contributed by atoms with Crippen LogP contribution >= 0.6 is 0 Å². The Balaban J connectivity index is 1.97. The van der Waals surface area contributed by atoms with Crippen molar-refractivity contribution >= 4 is 5.91 Å². The molecule has 2 heteroatoms. The normalized spacial score (nSPS) is 45.5. The zero-order valence-corrected chi connectivity index (χ0v) is 6.99. The Labute approximate surface area is 71.8 Å². The monoisotopic (exact) mass is 163 g/mol. The van der Waals surface area contributed by atoms with E-state index in [9.17, 15) is 4.79 Å². The maximum Gasteiger partial charge on any atom is 0.221 e. The van der Waals surface area contributed by atoms with E-state index in [0.29, 0.717) is 17.3 Å². The van der Waals surface area contributed by atoms with Gasteiger partial charge in [-0.3, -0.25) is 4.79 Å². The van der Waals surface area contributed by atoms with Gasteiger partial charge in [0.1, 0.15) is 0 Å². The second-order valence-electron chi connectivity index (χ2n) is 4.49. The van der Waals surface area contributed by atoms with Crippen LogP contribution in [0.5, 0.6) is 0 Å². The molecule has 2 bridgehead atoms. The molecular formula is C10H13NO. The zero-order chi connectivity index (χ0) is 8.34. The number of allylic oxidation sites excluding steroid dienone is 2. The zero-order valence-electron chi connectivity index (χ0n) is 6.99. The molecular weight excluding hydrogens is 150 g/mol. The van der Waals surface area contributed by atoms with Gasteiger partial charge < -0.3 is 5.73 Å². The molecule has 64 valence electrons. The fourth-order valence-corrected chi connectivity index (χ4v) is 3.29. The molecule has 2 N–H and O–H groups in total. The van der Waals surface area contributed by atoms with Gasteiger partial charge in [-0.05, 0) is 36.5 Å². The molecule has 2 fully saturated rings. The summed E-state index contributed by atoms with van der Waals surface area (Å²) < 4.78 is 0. The Bertz CT molecular complexity index is 278. The van der Waals surface area contributed by atoms with Crippen LogP contribution in [0.25, 0.3) is 0 Å². The van der Waals surface area contributed by atoms with E-state index < -0.39 is 0 Å². The minimum Gasteiger partial charge on any atom is -0.369 e. The van der Waals surface area contributed by atoms with Crippen molar-refractivity contribution in [2.75, 3.05) is 0 Å². The molecule has 1 spiro atoms. The van der Waals surface area contributed by atoms with Gasteiger partial charge in [0, 0.05) is 5.92 Å². The van der Waals surface area contributed by atoms with E-state index in [-0.39, 0.29) is 11.8 Å². The predicted molar refractivity (Wildman–Crippen MR) is 45.1 cm³/mol. The van der Waals surface area contributed by atoms with E-state index >= 15 is 0 Å². The molecule has 0 aromatic carbocycles. The summed E-state index contributed by atoms with van der Waals surface area (Å²) in [6.07, 6.45) is 8.20. The Morgan fingerprint density at radius 3 is 2.58 bits per heavy atom. The second-order valence-corrected chi connectivity index (χ2v) is 4.49. The summed E-state index contributed by atoms with van der Waals surface area (Å²) in [4.78, 5) is 11.1. The third-order valence-corrected chi connectivity index (χ3v) is 4.09. The number of carbonyl (C=O) groups is 1. The number of amides is 1. The molecule has 3 aliphatic carbocycles. The molecule has 12 heavy (non-hydrogen) atoms. The van der Waals surface area contributed by atoms with Crippen LogP contribution in [0.4, 0.5) is 0 Å². The lowest BCUT2D eigenvalue weighted by Gasteiger charge is -2.15. The number of carbonyl (C=O) groups excluding carboxylic acids is 1. The molecule has 0 aromatic rings. The van der Waals surface area contributed by atoms with Crippen LogP contribution in [0.2, 0.25) is 0 Å². The molecule has 0 heterocycles. The van der Waals surface area contributed by atoms with Gasteiger partial charge in [0.25, 0.3) is 0 Å². The second kappa shape index (κ2) is 1.76. The largest absolute Gasteiger partial charge is 0.369 e. The molecule has 0 aliphatic heterocycles. The maximum atomic E-state index is 11.1. The molecule has 3 aliphatic rings. The molecule has 0 aromatic heterocycles. The number of hydrogen-bond acceptors (Lipinski definition) is 1. The fraction of sp³-hybridized carbons (Fsp3) is 0.700. The lowest BCUT2D eigenvalue weighted by Crippen LogP contribution is -2.27. The highest BCUT2D eigenvalue weighted by Gasteiger charge is 2.63.